The molecule has 4 rings (SSSR count). The minimum absolute atomic E-state index is 0.0457. The number of allylic oxidation sites excluding steroid dienone is 1. The van der Waals surface area contributed by atoms with Gasteiger partial charge < -0.3 is 23.7 Å². The molecule has 1 amide bonds. The Balaban J connectivity index is 1.64. The smallest absolute Gasteiger partial charge is 0.246 e. The maximum Gasteiger partial charge on any atom is 0.246 e. The van der Waals surface area contributed by atoms with Crippen LogP contribution in [0.4, 0.5) is 0 Å². The number of methoxy groups -OCH3 is 1. The minimum Gasteiger partial charge on any atom is -0.496 e. The molecule has 33 heavy (non-hydrogen) atoms. The predicted molar refractivity (Wildman–Crippen MR) is 132 cm³/mol. The quantitative estimate of drug-likeness (QED) is 0.472. The van der Waals surface area contributed by atoms with Gasteiger partial charge in [0.15, 0.2) is 0 Å². The zero-order valence-corrected chi connectivity index (χ0v) is 19.9. The zero-order chi connectivity index (χ0) is 23.4. The van der Waals surface area contributed by atoms with Gasteiger partial charge in [-0.05, 0) is 49.7 Å². The monoisotopic (exact) mass is 448 g/mol. The van der Waals surface area contributed by atoms with Crippen LogP contribution in [-0.4, -0.2) is 62.1 Å². The average Bonchev–Trinajstić information content (AvgIpc) is 3.26. The van der Waals surface area contributed by atoms with Crippen LogP contribution < -0.4 is 9.47 Å². The minimum atomic E-state index is 0.0457. The number of piperazine rings is 1. The first-order chi connectivity index (χ1) is 16.0. The Bertz CT molecular complexity index is 1140. The Labute approximate surface area is 195 Å². The molecular formula is C27H32N2O4. The molecule has 0 radical (unpaired) electrons. The third-order valence-electron chi connectivity index (χ3n) is 6.27. The van der Waals surface area contributed by atoms with Crippen LogP contribution in [0.25, 0.3) is 27.7 Å². The summed E-state index contributed by atoms with van der Waals surface area (Å²) in [7, 11) is 1.64. The highest BCUT2D eigenvalue weighted by molar-refractivity contribution is 6.00. The van der Waals surface area contributed by atoms with E-state index in [0.29, 0.717) is 12.4 Å². The van der Waals surface area contributed by atoms with Gasteiger partial charge in [-0.2, -0.15) is 0 Å². The lowest BCUT2D eigenvalue weighted by Crippen LogP contribution is -2.48. The first kappa shape index (κ1) is 22.9. The van der Waals surface area contributed by atoms with E-state index in [1.54, 1.807) is 19.4 Å². The molecule has 6 heteroatoms. The number of hydrogen-bond acceptors (Lipinski definition) is 5. The van der Waals surface area contributed by atoms with Crippen LogP contribution in [0.3, 0.4) is 0 Å². The first-order valence-corrected chi connectivity index (χ1v) is 11.6. The molecule has 2 heterocycles. The SMILES string of the molecule is CCOc1ccc(-c2coc3cc(OC)c(/C(C)=C/C(=O)N4CCN(CC)CC4)cc23)cc1. The van der Waals surface area contributed by atoms with Crippen LogP contribution in [0.5, 0.6) is 11.5 Å². The fourth-order valence-corrected chi connectivity index (χ4v) is 4.29. The molecule has 0 spiro atoms. The molecule has 1 aromatic heterocycles. The summed E-state index contributed by atoms with van der Waals surface area (Å²) in [6.45, 7) is 11.1. The topological polar surface area (TPSA) is 55.2 Å². The van der Waals surface area contributed by atoms with Crippen molar-refractivity contribution in [2.24, 2.45) is 0 Å². The largest absolute Gasteiger partial charge is 0.496 e. The van der Waals surface area contributed by atoms with Gasteiger partial charge in [-0.15, -0.1) is 0 Å². The summed E-state index contributed by atoms with van der Waals surface area (Å²) in [6.07, 6.45) is 3.49. The highest BCUT2D eigenvalue weighted by Gasteiger charge is 2.20. The lowest BCUT2D eigenvalue weighted by molar-refractivity contribution is -0.127. The zero-order valence-electron chi connectivity index (χ0n) is 19.9. The second-order valence-electron chi connectivity index (χ2n) is 8.24. The number of benzene rings is 2. The fraction of sp³-hybridized carbons (Fsp3) is 0.370. The normalized spacial score (nSPS) is 15.2. The molecule has 0 bridgehead atoms. The van der Waals surface area contributed by atoms with Crippen molar-refractivity contribution in [1.82, 2.24) is 9.80 Å². The lowest BCUT2D eigenvalue weighted by atomic mass is 9.99. The number of nitrogens with zero attached hydrogens (tertiary/aromatic N) is 2. The second kappa shape index (κ2) is 10.1. The van der Waals surface area contributed by atoms with Crippen LogP contribution in [0.1, 0.15) is 26.3 Å². The number of ether oxygens (including phenoxy) is 2. The van der Waals surface area contributed by atoms with Crippen molar-refractivity contribution in [2.75, 3.05) is 46.4 Å². The number of hydrogen-bond donors (Lipinski definition) is 0. The Kier molecular flexibility index (Phi) is 7.04. The molecule has 174 valence electrons. The molecule has 0 atom stereocenters. The molecule has 1 saturated heterocycles. The highest BCUT2D eigenvalue weighted by Crippen LogP contribution is 2.37. The number of amides is 1. The Hall–Kier alpha value is -3.25. The summed E-state index contributed by atoms with van der Waals surface area (Å²) in [5.41, 5.74) is 4.54. The summed E-state index contributed by atoms with van der Waals surface area (Å²) < 4.78 is 17.0. The number of furan rings is 1. The van der Waals surface area contributed by atoms with E-state index >= 15 is 0 Å². The van der Waals surface area contributed by atoms with E-state index in [-0.39, 0.29) is 5.91 Å². The molecule has 0 saturated carbocycles. The van der Waals surface area contributed by atoms with Crippen molar-refractivity contribution in [2.45, 2.75) is 20.8 Å². The third kappa shape index (κ3) is 4.91. The van der Waals surface area contributed by atoms with Gasteiger partial charge in [0.25, 0.3) is 0 Å². The Morgan fingerprint density at radius 2 is 1.82 bits per heavy atom. The molecule has 0 unspecified atom stereocenters. The summed E-state index contributed by atoms with van der Waals surface area (Å²) in [5.74, 6) is 1.57. The summed E-state index contributed by atoms with van der Waals surface area (Å²) in [5, 5.41) is 0.978. The molecule has 1 aliphatic heterocycles. The summed E-state index contributed by atoms with van der Waals surface area (Å²) >= 11 is 0. The first-order valence-electron chi connectivity index (χ1n) is 11.6. The van der Waals surface area contributed by atoms with Crippen molar-refractivity contribution in [3.8, 4) is 22.6 Å². The number of fused-ring (bicyclic) bond motifs is 1. The van der Waals surface area contributed by atoms with Gasteiger partial charge in [0, 0.05) is 54.8 Å². The van der Waals surface area contributed by atoms with Crippen LogP contribution >= 0.6 is 0 Å². The molecule has 1 aliphatic rings. The molecule has 2 aromatic carbocycles. The predicted octanol–water partition coefficient (Wildman–Crippen LogP) is 5.07. The van der Waals surface area contributed by atoms with Gasteiger partial charge in [-0.3, -0.25) is 4.79 Å². The fourth-order valence-electron chi connectivity index (χ4n) is 4.29. The molecule has 0 N–H and O–H groups in total. The molecule has 1 fully saturated rings. The maximum absolute atomic E-state index is 12.9. The van der Waals surface area contributed by atoms with Gasteiger partial charge >= 0.3 is 0 Å². The van der Waals surface area contributed by atoms with Gasteiger partial charge in [-0.25, -0.2) is 0 Å². The van der Waals surface area contributed by atoms with E-state index in [4.69, 9.17) is 13.9 Å². The van der Waals surface area contributed by atoms with Crippen molar-refractivity contribution in [3.05, 3.63) is 54.3 Å². The molecular weight excluding hydrogens is 416 g/mol. The second-order valence-corrected chi connectivity index (χ2v) is 8.24. The average molecular weight is 449 g/mol. The molecule has 3 aromatic rings. The number of carbonyl (C=O) groups excluding carboxylic acids is 1. The van der Waals surface area contributed by atoms with Gasteiger partial charge in [-0.1, -0.05) is 19.1 Å². The maximum atomic E-state index is 12.9. The molecule has 6 nitrogen and oxygen atoms in total. The van der Waals surface area contributed by atoms with Crippen LogP contribution in [0.15, 0.2) is 53.2 Å². The summed E-state index contributed by atoms with van der Waals surface area (Å²) in [4.78, 5) is 17.2. The van der Waals surface area contributed by atoms with Crippen molar-refractivity contribution in [3.63, 3.8) is 0 Å². The van der Waals surface area contributed by atoms with Gasteiger partial charge in [0.05, 0.1) is 20.0 Å². The Morgan fingerprint density at radius 3 is 2.45 bits per heavy atom. The number of carbonyl (C=O) groups is 1. The van der Waals surface area contributed by atoms with E-state index < -0.39 is 0 Å². The van der Waals surface area contributed by atoms with E-state index in [9.17, 15) is 4.79 Å². The van der Waals surface area contributed by atoms with E-state index in [1.165, 1.54) is 0 Å². The van der Waals surface area contributed by atoms with Crippen molar-refractivity contribution in [1.29, 1.82) is 0 Å². The van der Waals surface area contributed by atoms with Crippen LogP contribution in [-0.2, 0) is 4.79 Å². The molecule has 0 aliphatic carbocycles. The number of likely N-dealkylation sites (N-methyl/N-ethyl adjacent to an activating group) is 1. The van der Waals surface area contributed by atoms with Crippen molar-refractivity contribution < 1.29 is 18.7 Å². The van der Waals surface area contributed by atoms with Gasteiger partial charge in [0.1, 0.15) is 17.1 Å². The van der Waals surface area contributed by atoms with Crippen LogP contribution in [0.2, 0.25) is 0 Å². The third-order valence-corrected chi connectivity index (χ3v) is 6.27. The van der Waals surface area contributed by atoms with E-state index in [0.717, 1.165) is 71.7 Å². The van der Waals surface area contributed by atoms with Gasteiger partial charge in [0.2, 0.25) is 5.91 Å². The van der Waals surface area contributed by atoms with Crippen LogP contribution in [0, 0.1) is 0 Å². The van der Waals surface area contributed by atoms with Crippen molar-refractivity contribution >= 4 is 22.4 Å². The van der Waals surface area contributed by atoms with E-state index in [2.05, 4.69) is 17.9 Å². The highest BCUT2D eigenvalue weighted by atomic mass is 16.5. The standard InChI is InChI=1S/C27H32N2O4/c1-5-28-11-13-29(14-12-28)27(30)15-19(3)22-16-23-24(18-33-26(23)17-25(22)31-4)20-7-9-21(10-8-20)32-6-2/h7-10,15-18H,5-6,11-14H2,1-4H3/b19-15+. The lowest BCUT2D eigenvalue weighted by Gasteiger charge is -2.33. The summed E-state index contributed by atoms with van der Waals surface area (Å²) in [6, 6.07) is 11.9. The number of rotatable bonds is 7. The van der Waals surface area contributed by atoms with E-state index in [1.807, 2.05) is 49.1 Å². The Morgan fingerprint density at radius 1 is 1.09 bits per heavy atom.